The van der Waals surface area contributed by atoms with Gasteiger partial charge in [0.2, 0.25) is 0 Å². The second kappa shape index (κ2) is 4.90. The predicted molar refractivity (Wildman–Crippen MR) is 74.8 cm³/mol. The number of furan rings is 1. The molecular weight excluding hydrogens is 238 g/mol. The Morgan fingerprint density at radius 2 is 2.11 bits per heavy atom. The van der Waals surface area contributed by atoms with Crippen molar-refractivity contribution in [1.82, 2.24) is 9.55 Å². The summed E-state index contributed by atoms with van der Waals surface area (Å²) >= 11 is 0. The van der Waals surface area contributed by atoms with Crippen LogP contribution in [0.25, 0.3) is 11.0 Å². The number of fused-ring (bicyclic) bond motifs is 1. The first-order chi connectivity index (χ1) is 9.33. The third kappa shape index (κ3) is 2.04. The maximum Gasteiger partial charge on any atom is 0.120 e. The van der Waals surface area contributed by atoms with E-state index in [1.807, 2.05) is 24.3 Å². The maximum atomic E-state index is 5.67. The van der Waals surface area contributed by atoms with Gasteiger partial charge in [0.1, 0.15) is 11.6 Å². The summed E-state index contributed by atoms with van der Waals surface area (Å²) in [5, 5.41) is 0. The van der Waals surface area contributed by atoms with Gasteiger partial charge in [-0.15, -0.1) is 0 Å². The lowest BCUT2D eigenvalue weighted by Crippen LogP contribution is -2.05. The van der Waals surface area contributed by atoms with Crippen LogP contribution in [-0.4, -0.2) is 9.55 Å². The number of hydrogen-bond donors (Lipinski definition) is 1. The van der Waals surface area contributed by atoms with Crippen molar-refractivity contribution in [2.75, 3.05) is 0 Å². The third-order valence-electron chi connectivity index (χ3n) is 3.42. The number of hydrogen-bond acceptors (Lipinski definition) is 3. The summed E-state index contributed by atoms with van der Waals surface area (Å²) < 4.78 is 7.61. The Morgan fingerprint density at radius 3 is 2.89 bits per heavy atom. The molecule has 0 bridgehead atoms. The van der Waals surface area contributed by atoms with Gasteiger partial charge in [-0.1, -0.05) is 12.1 Å². The molecular formula is C15H17N3O. The Balaban J connectivity index is 2.05. The van der Waals surface area contributed by atoms with Gasteiger partial charge >= 0.3 is 0 Å². The summed E-state index contributed by atoms with van der Waals surface area (Å²) in [5.41, 5.74) is 9.01. The highest BCUT2D eigenvalue weighted by molar-refractivity contribution is 5.76. The van der Waals surface area contributed by atoms with Gasteiger partial charge in [0.25, 0.3) is 0 Å². The van der Waals surface area contributed by atoms with E-state index >= 15 is 0 Å². The summed E-state index contributed by atoms with van der Waals surface area (Å²) in [5.74, 6) is 1.90. The molecule has 2 aromatic heterocycles. The van der Waals surface area contributed by atoms with Gasteiger partial charge in [0.15, 0.2) is 0 Å². The molecule has 0 fully saturated rings. The SMILES string of the molecule is CCn1c(Cc2ccoc2CN)nc2ccccc21. The number of aryl methyl sites for hydroxylation is 1. The zero-order chi connectivity index (χ0) is 13.2. The Bertz CT molecular complexity index is 696. The number of nitrogens with two attached hydrogens (primary N) is 1. The van der Waals surface area contributed by atoms with E-state index in [0.717, 1.165) is 35.6 Å². The molecule has 4 nitrogen and oxygen atoms in total. The number of rotatable bonds is 4. The number of aromatic nitrogens is 2. The molecule has 4 heteroatoms. The highest BCUT2D eigenvalue weighted by atomic mass is 16.3. The molecule has 0 spiro atoms. The standard InChI is InChI=1S/C15H17N3O/c1-2-18-13-6-4-3-5-12(13)17-15(18)9-11-7-8-19-14(11)10-16/h3-8H,2,9-10,16H2,1H3. The molecule has 0 aliphatic heterocycles. The van der Waals surface area contributed by atoms with Gasteiger partial charge in [-0.3, -0.25) is 0 Å². The van der Waals surface area contributed by atoms with Crippen molar-refractivity contribution in [3.63, 3.8) is 0 Å². The molecule has 2 N–H and O–H groups in total. The molecule has 0 saturated carbocycles. The molecule has 3 aromatic rings. The second-order valence-corrected chi connectivity index (χ2v) is 4.51. The van der Waals surface area contributed by atoms with E-state index in [9.17, 15) is 0 Å². The number of imidazole rings is 1. The van der Waals surface area contributed by atoms with Crippen LogP contribution in [-0.2, 0) is 19.5 Å². The lowest BCUT2D eigenvalue weighted by atomic mass is 10.1. The average molecular weight is 255 g/mol. The highest BCUT2D eigenvalue weighted by Gasteiger charge is 2.12. The molecule has 0 radical (unpaired) electrons. The summed E-state index contributed by atoms with van der Waals surface area (Å²) in [6.45, 7) is 3.47. The van der Waals surface area contributed by atoms with Gasteiger partial charge in [-0.25, -0.2) is 4.98 Å². The van der Waals surface area contributed by atoms with E-state index in [4.69, 9.17) is 15.1 Å². The molecule has 1 aromatic carbocycles. The molecule has 98 valence electrons. The largest absolute Gasteiger partial charge is 0.468 e. The van der Waals surface area contributed by atoms with Crippen molar-refractivity contribution >= 4 is 11.0 Å². The fourth-order valence-electron chi connectivity index (χ4n) is 2.49. The summed E-state index contributed by atoms with van der Waals surface area (Å²) in [6, 6.07) is 10.2. The van der Waals surface area contributed by atoms with E-state index in [1.165, 1.54) is 5.52 Å². The van der Waals surface area contributed by atoms with Gasteiger partial charge in [-0.2, -0.15) is 0 Å². The predicted octanol–water partition coefficient (Wildman–Crippen LogP) is 2.70. The van der Waals surface area contributed by atoms with Gasteiger partial charge in [0.05, 0.1) is 23.8 Å². The van der Waals surface area contributed by atoms with Gasteiger partial charge in [-0.05, 0) is 25.1 Å². The van der Waals surface area contributed by atoms with Crippen LogP contribution in [0.15, 0.2) is 41.0 Å². The fraction of sp³-hybridized carbons (Fsp3) is 0.267. The molecule has 0 aliphatic carbocycles. The molecule has 3 rings (SSSR count). The minimum absolute atomic E-state index is 0.425. The fourth-order valence-corrected chi connectivity index (χ4v) is 2.49. The van der Waals surface area contributed by atoms with Crippen molar-refractivity contribution in [2.45, 2.75) is 26.4 Å². The lowest BCUT2D eigenvalue weighted by Gasteiger charge is -2.05. The first kappa shape index (κ1) is 12.0. The van der Waals surface area contributed by atoms with Crippen LogP contribution in [0.5, 0.6) is 0 Å². The zero-order valence-corrected chi connectivity index (χ0v) is 11.0. The van der Waals surface area contributed by atoms with Crippen LogP contribution in [0.4, 0.5) is 0 Å². The molecule has 0 aliphatic rings. The van der Waals surface area contributed by atoms with Crippen LogP contribution < -0.4 is 5.73 Å². The number of para-hydroxylation sites is 2. The summed E-state index contributed by atoms with van der Waals surface area (Å²) in [6.07, 6.45) is 2.45. The van der Waals surface area contributed by atoms with Crippen LogP contribution in [0, 0.1) is 0 Å². The van der Waals surface area contributed by atoms with Crippen molar-refractivity contribution in [3.05, 3.63) is 53.7 Å². The van der Waals surface area contributed by atoms with Crippen LogP contribution >= 0.6 is 0 Å². The van der Waals surface area contributed by atoms with Gasteiger partial charge < -0.3 is 14.7 Å². The monoisotopic (exact) mass is 255 g/mol. The van der Waals surface area contributed by atoms with Crippen LogP contribution in [0.2, 0.25) is 0 Å². The molecule has 19 heavy (non-hydrogen) atoms. The highest BCUT2D eigenvalue weighted by Crippen LogP contribution is 2.20. The van der Waals surface area contributed by atoms with Crippen molar-refractivity contribution in [2.24, 2.45) is 5.73 Å². The quantitative estimate of drug-likeness (QED) is 0.779. The van der Waals surface area contributed by atoms with Gasteiger partial charge in [0, 0.05) is 18.5 Å². The first-order valence-corrected chi connectivity index (χ1v) is 6.53. The van der Waals surface area contributed by atoms with Crippen molar-refractivity contribution < 1.29 is 4.42 Å². The normalized spacial score (nSPS) is 11.3. The lowest BCUT2D eigenvalue weighted by molar-refractivity contribution is 0.507. The Morgan fingerprint density at radius 1 is 1.26 bits per heavy atom. The molecule has 0 saturated heterocycles. The Hall–Kier alpha value is -2.07. The third-order valence-corrected chi connectivity index (χ3v) is 3.42. The van der Waals surface area contributed by atoms with E-state index in [-0.39, 0.29) is 0 Å². The number of benzene rings is 1. The summed E-state index contributed by atoms with van der Waals surface area (Å²) in [7, 11) is 0. The van der Waals surface area contributed by atoms with E-state index in [2.05, 4.69) is 17.6 Å². The second-order valence-electron chi connectivity index (χ2n) is 4.51. The molecule has 0 unspecified atom stereocenters. The van der Waals surface area contributed by atoms with Crippen molar-refractivity contribution in [3.8, 4) is 0 Å². The molecule has 2 heterocycles. The average Bonchev–Trinajstić information content (AvgIpc) is 3.02. The summed E-state index contributed by atoms with van der Waals surface area (Å²) in [4.78, 5) is 4.71. The van der Waals surface area contributed by atoms with E-state index in [0.29, 0.717) is 6.54 Å². The maximum absolute atomic E-state index is 5.67. The molecule has 0 amide bonds. The minimum Gasteiger partial charge on any atom is -0.468 e. The first-order valence-electron chi connectivity index (χ1n) is 6.53. The van der Waals surface area contributed by atoms with E-state index in [1.54, 1.807) is 6.26 Å². The van der Waals surface area contributed by atoms with Crippen LogP contribution in [0.3, 0.4) is 0 Å². The molecule has 0 atom stereocenters. The Labute approximate surface area is 111 Å². The Kier molecular flexibility index (Phi) is 3.09. The van der Waals surface area contributed by atoms with E-state index < -0.39 is 0 Å². The zero-order valence-electron chi connectivity index (χ0n) is 11.0. The smallest absolute Gasteiger partial charge is 0.120 e. The minimum atomic E-state index is 0.425. The van der Waals surface area contributed by atoms with Crippen molar-refractivity contribution in [1.29, 1.82) is 0 Å². The number of nitrogens with zero attached hydrogens (tertiary/aromatic N) is 2. The van der Waals surface area contributed by atoms with Crippen LogP contribution in [0.1, 0.15) is 24.1 Å². The topological polar surface area (TPSA) is 57.0 Å².